The number of carbonyl (C=O) groups is 2. The summed E-state index contributed by atoms with van der Waals surface area (Å²) in [5.41, 5.74) is -2.40. The van der Waals surface area contributed by atoms with Crippen LogP contribution in [0.5, 0.6) is 0 Å². The van der Waals surface area contributed by atoms with Crippen LogP contribution >= 0.6 is 0 Å². The summed E-state index contributed by atoms with van der Waals surface area (Å²) < 4.78 is 10.1. The Hall–Kier alpha value is -2.86. The summed E-state index contributed by atoms with van der Waals surface area (Å²) in [5.74, 6) is -2.70. The van der Waals surface area contributed by atoms with E-state index < -0.39 is 28.7 Å². The van der Waals surface area contributed by atoms with E-state index in [0.29, 0.717) is 5.56 Å². The van der Waals surface area contributed by atoms with Crippen LogP contribution in [0.25, 0.3) is 0 Å². The lowest BCUT2D eigenvalue weighted by Gasteiger charge is -2.15. The van der Waals surface area contributed by atoms with Crippen LogP contribution in [0.15, 0.2) is 24.3 Å². The zero-order chi connectivity index (χ0) is 18.0. The van der Waals surface area contributed by atoms with Crippen molar-refractivity contribution in [3.05, 3.63) is 35.4 Å². The summed E-state index contributed by atoms with van der Waals surface area (Å²) >= 11 is 0. The van der Waals surface area contributed by atoms with Gasteiger partial charge in [0.2, 0.25) is 5.41 Å². The number of nitrogens with zero attached hydrogens (tertiary/aromatic N) is 2. The molecule has 24 heavy (non-hydrogen) atoms. The minimum absolute atomic E-state index is 0.0351. The van der Waals surface area contributed by atoms with Crippen LogP contribution in [0.2, 0.25) is 0 Å². The highest BCUT2D eigenvalue weighted by Crippen LogP contribution is 2.75. The quantitative estimate of drug-likeness (QED) is 0.607. The first-order valence-corrected chi connectivity index (χ1v) is 7.70. The Morgan fingerprint density at radius 1 is 1.08 bits per heavy atom. The second-order valence-corrected chi connectivity index (χ2v) is 5.57. The van der Waals surface area contributed by atoms with Crippen LogP contribution in [0.4, 0.5) is 0 Å². The molecule has 0 amide bonds. The van der Waals surface area contributed by atoms with Crippen molar-refractivity contribution in [3.63, 3.8) is 0 Å². The van der Waals surface area contributed by atoms with Gasteiger partial charge in [0.1, 0.15) is 0 Å². The third-order valence-electron chi connectivity index (χ3n) is 4.45. The smallest absolute Gasteiger partial charge is 0.327 e. The first-order valence-electron chi connectivity index (χ1n) is 7.70. The van der Waals surface area contributed by atoms with E-state index in [1.807, 2.05) is 12.1 Å². The first-order chi connectivity index (χ1) is 11.5. The highest BCUT2D eigenvalue weighted by atomic mass is 16.6. The maximum atomic E-state index is 12.6. The average molecular weight is 326 g/mol. The molecule has 6 nitrogen and oxygen atoms in total. The van der Waals surface area contributed by atoms with Crippen molar-refractivity contribution in [2.24, 2.45) is 10.8 Å². The summed E-state index contributed by atoms with van der Waals surface area (Å²) in [4.78, 5) is 25.3. The van der Waals surface area contributed by atoms with E-state index in [1.165, 1.54) is 0 Å². The number of hydrogen-bond donors (Lipinski definition) is 0. The molecule has 0 bridgehead atoms. The Bertz CT molecular complexity index is 725. The van der Waals surface area contributed by atoms with Crippen molar-refractivity contribution in [2.75, 3.05) is 13.2 Å². The standard InChI is InChI=1S/C18H18N2O4/c1-4-23-15(21)18(16(22)24-5-2)14(17(18,10-19)11-20)13-9-7-6-8-12(13)3/h6-9,14H,4-5H2,1-3H3. The third-order valence-corrected chi connectivity index (χ3v) is 4.45. The van der Waals surface area contributed by atoms with E-state index in [9.17, 15) is 20.1 Å². The van der Waals surface area contributed by atoms with Crippen LogP contribution in [0, 0.1) is 40.4 Å². The normalized spacial score (nSPS) is 19.5. The predicted molar refractivity (Wildman–Crippen MR) is 83.3 cm³/mol. The molecule has 0 N–H and O–H groups in total. The van der Waals surface area contributed by atoms with Crippen molar-refractivity contribution >= 4 is 11.9 Å². The van der Waals surface area contributed by atoms with Gasteiger partial charge in [0, 0.05) is 5.92 Å². The summed E-state index contributed by atoms with van der Waals surface area (Å²) in [7, 11) is 0. The number of benzene rings is 1. The molecule has 1 aromatic rings. The fourth-order valence-electron chi connectivity index (χ4n) is 3.31. The molecule has 1 saturated carbocycles. The van der Waals surface area contributed by atoms with E-state index in [0.717, 1.165) is 5.56 Å². The monoisotopic (exact) mass is 326 g/mol. The fraction of sp³-hybridized carbons (Fsp3) is 0.444. The van der Waals surface area contributed by atoms with Crippen LogP contribution in [-0.2, 0) is 19.1 Å². The first kappa shape index (κ1) is 17.5. The average Bonchev–Trinajstić information content (AvgIpc) is 3.20. The SMILES string of the molecule is CCOC(=O)C1(C(=O)OCC)C(c2ccccc2C)C1(C#N)C#N. The lowest BCUT2D eigenvalue weighted by atomic mass is 9.94. The minimum Gasteiger partial charge on any atom is -0.465 e. The van der Waals surface area contributed by atoms with Gasteiger partial charge in [0.15, 0.2) is 5.41 Å². The Balaban J connectivity index is 2.70. The van der Waals surface area contributed by atoms with Crippen LogP contribution in [-0.4, -0.2) is 25.2 Å². The Morgan fingerprint density at radius 2 is 1.58 bits per heavy atom. The highest BCUT2D eigenvalue weighted by molar-refractivity contribution is 6.09. The molecule has 124 valence electrons. The fourth-order valence-corrected chi connectivity index (χ4v) is 3.31. The molecule has 0 heterocycles. The molecule has 1 unspecified atom stereocenters. The maximum Gasteiger partial charge on any atom is 0.327 e. The molecular formula is C18H18N2O4. The van der Waals surface area contributed by atoms with Gasteiger partial charge in [-0.15, -0.1) is 0 Å². The summed E-state index contributed by atoms with van der Waals surface area (Å²) in [6.45, 7) is 5.07. The largest absolute Gasteiger partial charge is 0.465 e. The van der Waals surface area contributed by atoms with Crippen LogP contribution in [0.1, 0.15) is 30.9 Å². The molecule has 0 aliphatic heterocycles. The number of aryl methyl sites for hydroxylation is 1. The number of ether oxygens (including phenoxy) is 2. The van der Waals surface area contributed by atoms with Gasteiger partial charge in [-0.1, -0.05) is 24.3 Å². The van der Waals surface area contributed by atoms with Gasteiger partial charge >= 0.3 is 11.9 Å². The van der Waals surface area contributed by atoms with E-state index in [4.69, 9.17) is 9.47 Å². The number of rotatable bonds is 5. The van der Waals surface area contributed by atoms with Crippen molar-refractivity contribution < 1.29 is 19.1 Å². The van der Waals surface area contributed by atoms with E-state index in [-0.39, 0.29) is 13.2 Å². The molecule has 0 radical (unpaired) electrons. The molecule has 1 aliphatic rings. The molecule has 1 fully saturated rings. The number of esters is 2. The highest BCUT2D eigenvalue weighted by Gasteiger charge is 2.89. The summed E-state index contributed by atoms with van der Waals surface area (Å²) in [5, 5.41) is 19.3. The summed E-state index contributed by atoms with van der Waals surface area (Å²) in [6.07, 6.45) is 0. The maximum absolute atomic E-state index is 12.6. The molecule has 1 aliphatic carbocycles. The molecule has 1 atom stereocenters. The van der Waals surface area contributed by atoms with E-state index >= 15 is 0 Å². The van der Waals surface area contributed by atoms with Gasteiger partial charge in [-0.05, 0) is 31.9 Å². The molecule has 1 aromatic carbocycles. The minimum atomic E-state index is -1.95. The number of hydrogen-bond acceptors (Lipinski definition) is 6. The number of nitriles is 2. The molecule has 0 aromatic heterocycles. The Morgan fingerprint density at radius 3 is 2.00 bits per heavy atom. The molecule has 0 saturated heterocycles. The molecule has 0 spiro atoms. The van der Waals surface area contributed by atoms with Crippen molar-refractivity contribution in [3.8, 4) is 12.1 Å². The van der Waals surface area contributed by atoms with E-state index in [1.54, 1.807) is 45.0 Å². The van der Waals surface area contributed by atoms with Gasteiger partial charge in [0.25, 0.3) is 0 Å². The zero-order valence-electron chi connectivity index (χ0n) is 13.8. The lowest BCUT2D eigenvalue weighted by Crippen LogP contribution is -2.35. The second-order valence-electron chi connectivity index (χ2n) is 5.57. The van der Waals surface area contributed by atoms with Gasteiger partial charge < -0.3 is 9.47 Å². The molecular weight excluding hydrogens is 308 g/mol. The van der Waals surface area contributed by atoms with Crippen molar-refractivity contribution in [2.45, 2.75) is 26.7 Å². The van der Waals surface area contributed by atoms with Gasteiger partial charge in [0.05, 0.1) is 25.4 Å². The second kappa shape index (κ2) is 6.33. The van der Waals surface area contributed by atoms with Crippen LogP contribution < -0.4 is 0 Å². The van der Waals surface area contributed by atoms with Gasteiger partial charge in [-0.2, -0.15) is 10.5 Å². The summed E-state index contributed by atoms with van der Waals surface area (Å²) in [6, 6.07) is 10.8. The Kier molecular flexibility index (Phi) is 4.61. The predicted octanol–water partition coefficient (Wildman–Crippen LogP) is 2.24. The van der Waals surface area contributed by atoms with Gasteiger partial charge in [-0.25, -0.2) is 0 Å². The third kappa shape index (κ3) is 2.07. The van der Waals surface area contributed by atoms with Gasteiger partial charge in [-0.3, -0.25) is 9.59 Å². The van der Waals surface area contributed by atoms with Crippen molar-refractivity contribution in [1.82, 2.24) is 0 Å². The molecule has 2 rings (SSSR count). The topological polar surface area (TPSA) is 100 Å². The lowest BCUT2D eigenvalue weighted by molar-refractivity contribution is -0.165. The van der Waals surface area contributed by atoms with E-state index in [2.05, 4.69) is 0 Å². The van der Waals surface area contributed by atoms with Crippen molar-refractivity contribution in [1.29, 1.82) is 10.5 Å². The zero-order valence-corrected chi connectivity index (χ0v) is 13.8. The molecule has 6 heteroatoms. The number of carbonyl (C=O) groups excluding carboxylic acids is 2. The van der Waals surface area contributed by atoms with Crippen LogP contribution in [0.3, 0.4) is 0 Å². The Labute approximate surface area is 140 Å².